The Bertz CT molecular complexity index is 752. The van der Waals surface area contributed by atoms with E-state index in [1.807, 2.05) is 49.4 Å². The number of tetrazole rings is 1. The van der Waals surface area contributed by atoms with Gasteiger partial charge >= 0.3 is 6.03 Å². The van der Waals surface area contributed by atoms with Gasteiger partial charge in [-0.15, -0.1) is 10.2 Å². The highest BCUT2D eigenvalue weighted by Gasteiger charge is 2.28. The summed E-state index contributed by atoms with van der Waals surface area (Å²) in [5, 5.41) is 19.7. The Labute approximate surface area is 141 Å². The van der Waals surface area contributed by atoms with E-state index in [1.54, 1.807) is 0 Å². The summed E-state index contributed by atoms with van der Waals surface area (Å²) in [7, 11) is 0. The Balaban J connectivity index is 1.81. The van der Waals surface area contributed by atoms with Gasteiger partial charge in [-0.2, -0.15) is 5.21 Å². The van der Waals surface area contributed by atoms with Crippen LogP contribution in [0.4, 0.5) is 10.5 Å². The van der Waals surface area contributed by atoms with E-state index in [0.29, 0.717) is 17.9 Å². The standard InChI is InChI=1S/C15H15BrN6O/c1-15(16)8-7-12(11(9-15)13-19-21-22-20-13)18-14(23)17-10-5-3-2-4-6-10/h2-8H,9H2,1H3,(H2,17,18,23)(H,19,20,21,22). The molecule has 0 saturated carbocycles. The molecule has 1 atom stereocenters. The number of carbonyl (C=O) groups is 1. The summed E-state index contributed by atoms with van der Waals surface area (Å²) in [4.78, 5) is 12.2. The van der Waals surface area contributed by atoms with Crippen LogP contribution >= 0.6 is 15.9 Å². The summed E-state index contributed by atoms with van der Waals surface area (Å²) < 4.78 is -0.218. The van der Waals surface area contributed by atoms with Gasteiger partial charge in [0, 0.05) is 21.3 Å². The highest BCUT2D eigenvalue weighted by Crippen LogP contribution is 2.36. The largest absolute Gasteiger partial charge is 0.323 e. The van der Waals surface area contributed by atoms with Crippen molar-refractivity contribution in [1.29, 1.82) is 0 Å². The number of carbonyl (C=O) groups excluding carboxylic acids is 1. The predicted molar refractivity (Wildman–Crippen MR) is 90.8 cm³/mol. The van der Waals surface area contributed by atoms with E-state index >= 15 is 0 Å². The average molecular weight is 375 g/mol. The minimum absolute atomic E-state index is 0.218. The zero-order valence-electron chi connectivity index (χ0n) is 12.4. The van der Waals surface area contributed by atoms with Crippen LogP contribution < -0.4 is 10.6 Å². The van der Waals surface area contributed by atoms with Gasteiger partial charge in [0.1, 0.15) is 0 Å². The van der Waals surface area contributed by atoms with Crippen molar-refractivity contribution < 1.29 is 4.79 Å². The number of para-hydroxylation sites is 1. The zero-order chi connectivity index (χ0) is 16.3. The van der Waals surface area contributed by atoms with Crippen LogP contribution in [0.15, 0.2) is 48.2 Å². The lowest BCUT2D eigenvalue weighted by molar-refractivity contribution is 0.254. The first kappa shape index (κ1) is 15.4. The van der Waals surface area contributed by atoms with Gasteiger partial charge in [0.15, 0.2) is 0 Å². The number of halogens is 1. The fourth-order valence-electron chi connectivity index (χ4n) is 2.27. The number of hydrogen-bond donors (Lipinski definition) is 3. The molecule has 1 aromatic carbocycles. The summed E-state index contributed by atoms with van der Waals surface area (Å²) >= 11 is 3.63. The topological polar surface area (TPSA) is 95.6 Å². The molecule has 1 aliphatic carbocycles. The van der Waals surface area contributed by atoms with E-state index in [4.69, 9.17) is 0 Å². The molecule has 118 valence electrons. The van der Waals surface area contributed by atoms with Crippen molar-refractivity contribution >= 4 is 33.2 Å². The second kappa shape index (κ2) is 6.33. The maximum atomic E-state index is 12.2. The van der Waals surface area contributed by atoms with Gasteiger partial charge < -0.3 is 10.6 Å². The molecule has 2 aromatic rings. The van der Waals surface area contributed by atoms with E-state index in [2.05, 4.69) is 47.2 Å². The van der Waals surface area contributed by atoms with Crippen LogP contribution in [0.2, 0.25) is 0 Å². The minimum atomic E-state index is -0.324. The number of aromatic nitrogens is 4. The number of benzene rings is 1. The lowest BCUT2D eigenvalue weighted by atomic mass is 9.93. The lowest BCUT2D eigenvalue weighted by Gasteiger charge is -2.25. The van der Waals surface area contributed by atoms with Gasteiger partial charge in [-0.05, 0) is 36.8 Å². The minimum Gasteiger partial charge on any atom is -0.308 e. The van der Waals surface area contributed by atoms with Gasteiger partial charge in [-0.3, -0.25) is 0 Å². The normalized spacial score (nSPS) is 20.4. The predicted octanol–water partition coefficient (Wildman–Crippen LogP) is 2.85. The van der Waals surface area contributed by atoms with E-state index < -0.39 is 0 Å². The molecule has 0 spiro atoms. The molecule has 1 aromatic heterocycles. The molecule has 3 N–H and O–H groups in total. The van der Waals surface area contributed by atoms with Crippen LogP contribution in [0.3, 0.4) is 0 Å². The van der Waals surface area contributed by atoms with E-state index in [1.165, 1.54) is 0 Å². The molecule has 2 amide bonds. The molecule has 0 aliphatic heterocycles. The number of amides is 2. The number of urea groups is 1. The van der Waals surface area contributed by atoms with Crippen molar-refractivity contribution in [1.82, 2.24) is 25.9 Å². The van der Waals surface area contributed by atoms with Gasteiger partial charge in [-0.1, -0.05) is 40.2 Å². The first-order valence-electron chi connectivity index (χ1n) is 7.02. The number of hydrogen-bond acceptors (Lipinski definition) is 4. The van der Waals surface area contributed by atoms with E-state index in [9.17, 15) is 4.79 Å². The first-order valence-corrected chi connectivity index (χ1v) is 7.81. The summed E-state index contributed by atoms with van der Waals surface area (Å²) in [6, 6.07) is 8.92. The van der Waals surface area contributed by atoms with Gasteiger partial charge in [0.05, 0.1) is 0 Å². The molecule has 1 unspecified atom stereocenters. The van der Waals surface area contributed by atoms with Crippen molar-refractivity contribution in [3.05, 3.63) is 54.0 Å². The number of H-pyrrole nitrogens is 1. The number of alkyl halides is 1. The highest BCUT2D eigenvalue weighted by molar-refractivity contribution is 9.10. The quantitative estimate of drug-likeness (QED) is 0.719. The molecule has 8 heteroatoms. The molecule has 1 aliphatic rings. The summed E-state index contributed by atoms with van der Waals surface area (Å²) in [6.07, 6.45) is 4.45. The van der Waals surface area contributed by atoms with Gasteiger partial charge in [0.25, 0.3) is 0 Å². The van der Waals surface area contributed by atoms with E-state index in [0.717, 1.165) is 11.3 Å². The summed E-state index contributed by atoms with van der Waals surface area (Å²) in [5.74, 6) is 0.468. The van der Waals surface area contributed by atoms with Crippen LogP contribution in [0.5, 0.6) is 0 Å². The SMILES string of the molecule is CC1(Br)C=CC(NC(=O)Nc2ccccc2)=C(c2nn[nH]n2)C1. The number of nitrogens with zero attached hydrogens (tertiary/aromatic N) is 3. The maximum Gasteiger partial charge on any atom is 0.323 e. The molecule has 7 nitrogen and oxygen atoms in total. The van der Waals surface area contributed by atoms with Crippen LogP contribution in [-0.4, -0.2) is 31.0 Å². The molecule has 23 heavy (non-hydrogen) atoms. The van der Waals surface area contributed by atoms with Gasteiger partial charge in [-0.25, -0.2) is 4.79 Å². The Kier molecular flexibility index (Phi) is 4.24. The Morgan fingerprint density at radius 3 is 2.78 bits per heavy atom. The van der Waals surface area contributed by atoms with Crippen molar-refractivity contribution in [3.63, 3.8) is 0 Å². The highest BCUT2D eigenvalue weighted by atomic mass is 79.9. The summed E-state index contributed by atoms with van der Waals surface area (Å²) in [5.41, 5.74) is 2.18. The van der Waals surface area contributed by atoms with Crippen molar-refractivity contribution in [2.75, 3.05) is 5.32 Å². The maximum absolute atomic E-state index is 12.2. The molecule has 1 heterocycles. The third-order valence-corrected chi connectivity index (χ3v) is 3.88. The van der Waals surface area contributed by atoms with Crippen molar-refractivity contribution in [2.45, 2.75) is 17.7 Å². The van der Waals surface area contributed by atoms with Crippen LogP contribution in [0.1, 0.15) is 19.2 Å². The van der Waals surface area contributed by atoms with Crippen molar-refractivity contribution in [2.24, 2.45) is 0 Å². The smallest absolute Gasteiger partial charge is 0.308 e. The summed E-state index contributed by atoms with van der Waals surface area (Å²) in [6.45, 7) is 2.03. The van der Waals surface area contributed by atoms with Gasteiger partial charge in [0.2, 0.25) is 5.82 Å². The number of nitrogens with one attached hydrogen (secondary N) is 3. The lowest BCUT2D eigenvalue weighted by Crippen LogP contribution is -2.31. The average Bonchev–Trinajstić information content (AvgIpc) is 3.04. The Morgan fingerprint density at radius 1 is 1.30 bits per heavy atom. The zero-order valence-corrected chi connectivity index (χ0v) is 14.0. The molecule has 0 radical (unpaired) electrons. The van der Waals surface area contributed by atoms with Crippen LogP contribution in [0.25, 0.3) is 5.57 Å². The number of allylic oxidation sites excluding steroid dienone is 3. The monoisotopic (exact) mass is 374 g/mol. The molecular weight excluding hydrogens is 360 g/mol. The Morgan fingerprint density at radius 2 is 2.09 bits per heavy atom. The number of anilines is 1. The third-order valence-electron chi connectivity index (χ3n) is 3.34. The molecule has 3 rings (SSSR count). The fourth-order valence-corrected chi connectivity index (χ4v) is 2.68. The third kappa shape index (κ3) is 3.84. The van der Waals surface area contributed by atoms with Crippen LogP contribution in [0, 0.1) is 0 Å². The second-order valence-corrected chi connectivity index (χ2v) is 7.17. The Hall–Kier alpha value is -2.48. The number of rotatable bonds is 3. The molecule has 0 bridgehead atoms. The molecular formula is C15H15BrN6O. The van der Waals surface area contributed by atoms with Crippen molar-refractivity contribution in [3.8, 4) is 0 Å². The number of aromatic amines is 1. The van der Waals surface area contributed by atoms with Crippen LogP contribution in [-0.2, 0) is 0 Å². The second-order valence-electron chi connectivity index (χ2n) is 5.36. The fraction of sp³-hybridized carbons (Fsp3) is 0.200. The molecule has 0 fully saturated rings. The molecule has 0 saturated heterocycles. The van der Waals surface area contributed by atoms with E-state index in [-0.39, 0.29) is 10.4 Å². The first-order chi connectivity index (χ1) is 11.0.